The third-order valence-corrected chi connectivity index (χ3v) is 7.56. The highest BCUT2D eigenvalue weighted by Crippen LogP contribution is 2.27. The van der Waals surface area contributed by atoms with Crippen molar-refractivity contribution in [1.82, 2.24) is 25.1 Å². The number of hydrogen-bond acceptors (Lipinski definition) is 8. The zero-order valence-corrected chi connectivity index (χ0v) is 20.2. The monoisotopic (exact) mass is 486 g/mol. The van der Waals surface area contributed by atoms with Crippen molar-refractivity contribution in [1.29, 1.82) is 0 Å². The van der Waals surface area contributed by atoms with Crippen LogP contribution in [0.5, 0.6) is 0 Å². The molecule has 0 saturated carbocycles. The predicted molar refractivity (Wildman–Crippen MR) is 129 cm³/mol. The van der Waals surface area contributed by atoms with E-state index in [0.717, 1.165) is 10.2 Å². The number of thioether (sulfide) groups is 1. The summed E-state index contributed by atoms with van der Waals surface area (Å²) in [5.74, 6) is 0.646. The molecule has 3 heterocycles. The van der Waals surface area contributed by atoms with Crippen LogP contribution in [-0.4, -0.2) is 37.3 Å². The molecular weight excluding hydrogens is 464 g/mol. The molecule has 3 aromatic heterocycles. The Balaban J connectivity index is 1.39. The molecule has 2 amide bonds. The van der Waals surface area contributed by atoms with E-state index in [1.807, 2.05) is 61.2 Å². The molecule has 0 radical (unpaired) electrons. The molecule has 0 spiro atoms. The number of fused-ring (bicyclic) bond motifs is 1. The highest BCUT2D eigenvalue weighted by atomic mass is 32.2. The van der Waals surface area contributed by atoms with E-state index in [0.29, 0.717) is 21.0 Å². The number of amides is 2. The number of thiazole rings is 1. The largest absolute Gasteiger partial charge is 0.341 e. The van der Waals surface area contributed by atoms with Crippen molar-refractivity contribution in [3.63, 3.8) is 0 Å². The number of benzene rings is 1. The second-order valence-electron chi connectivity index (χ2n) is 7.40. The van der Waals surface area contributed by atoms with Crippen LogP contribution < -0.4 is 10.6 Å². The van der Waals surface area contributed by atoms with Crippen LogP contribution >= 0.6 is 34.4 Å². The molecule has 0 aliphatic rings. The van der Waals surface area contributed by atoms with Crippen molar-refractivity contribution in [2.75, 3.05) is 11.1 Å². The van der Waals surface area contributed by atoms with Gasteiger partial charge in [-0.25, -0.2) is 4.98 Å². The molecule has 2 N–H and O–H groups in total. The van der Waals surface area contributed by atoms with Gasteiger partial charge in [0.2, 0.25) is 5.91 Å². The number of thiophene rings is 1. The van der Waals surface area contributed by atoms with Gasteiger partial charge in [-0.1, -0.05) is 55.1 Å². The summed E-state index contributed by atoms with van der Waals surface area (Å²) >= 11 is 4.13. The quantitative estimate of drug-likeness (QED) is 0.359. The van der Waals surface area contributed by atoms with Gasteiger partial charge in [0.15, 0.2) is 16.1 Å². The van der Waals surface area contributed by atoms with Gasteiger partial charge in [-0.15, -0.1) is 21.5 Å². The summed E-state index contributed by atoms with van der Waals surface area (Å²) in [7, 11) is 1.84. The molecule has 0 unspecified atom stereocenters. The number of carbonyl (C=O) groups is 2. The van der Waals surface area contributed by atoms with Gasteiger partial charge in [0.1, 0.15) is 0 Å². The number of nitrogens with one attached hydrogen (secondary N) is 2. The minimum atomic E-state index is -0.298. The molecule has 4 rings (SSSR count). The zero-order valence-electron chi connectivity index (χ0n) is 17.7. The van der Waals surface area contributed by atoms with Crippen LogP contribution in [0, 0.1) is 5.92 Å². The summed E-state index contributed by atoms with van der Waals surface area (Å²) < 4.78 is 2.85. The van der Waals surface area contributed by atoms with Crippen LogP contribution in [-0.2, 0) is 11.8 Å². The number of hydrogen-bond donors (Lipinski definition) is 2. The topological polar surface area (TPSA) is 102 Å². The maximum atomic E-state index is 12.5. The minimum absolute atomic E-state index is 0.113. The second-order valence-corrected chi connectivity index (χ2v) is 10.3. The Kier molecular flexibility index (Phi) is 6.87. The van der Waals surface area contributed by atoms with Crippen LogP contribution in [0.25, 0.3) is 10.2 Å². The maximum Gasteiger partial charge on any atom is 0.261 e. The average molecular weight is 487 g/mol. The average Bonchev–Trinajstić information content (AvgIpc) is 3.50. The lowest BCUT2D eigenvalue weighted by atomic mass is 10.0. The van der Waals surface area contributed by atoms with Gasteiger partial charge in [-0.05, 0) is 29.5 Å². The van der Waals surface area contributed by atoms with Crippen molar-refractivity contribution < 1.29 is 9.59 Å². The summed E-state index contributed by atoms with van der Waals surface area (Å²) in [5.41, 5.74) is 0.864. The Morgan fingerprint density at radius 2 is 1.97 bits per heavy atom. The summed E-state index contributed by atoms with van der Waals surface area (Å²) in [5, 5.41) is 17.5. The Labute approximate surface area is 197 Å². The van der Waals surface area contributed by atoms with Gasteiger partial charge in [0.05, 0.1) is 26.9 Å². The molecule has 0 aliphatic heterocycles. The highest BCUT2D eigenvalue weighted by molar-refractivity contribution is 7.99. The lowest BCUT2D eigenvalue weighted by molar-refractivity contribution is -0.113. The maximum absolute atomic E-state index is 12.5. The molecule has 166 valence electrons. The van der Waals surface area contributed by atoms with Crippen molar-refractivity contribution in [3.05, 3.63) is 52.5 Å². The summed E-state index contributed by atoms with van der Waals surface area (Å²) in [6.07, 6.45) is 0. The molecule has 0 fully saturated rings. The predicted octanol–water partition coefficient (Wildman–Crippen LogP) is 4.34. The van der Waals surface area contributed by atoms with Crippen molar-refractivity contribution in [3.8, 4) is 0 Å². The first-order chi connectivity index (χ1) is 15.4. The SMILES string of the molecule is CC(C)[C@@H](NC(=O)c1cccs1)c1nnc(SCC(=O)Nc2nc3ccccc3s2)n1C. The Hall–Kier alpha value is -2.76. The first-order valence-corrected chi connectivity index (χ1v) is 12.6. The van der Waals surface area contributed by atoms with Gasteiger partial charge in [-0.2, -0.15) is 0 Å². The fraction of sp³-hybridized carbons (Fsp3) is 0.286. The molecule has 8 nitrogen and oxygen atoms in total. The van der Waals surface area contributed by atoms with E-state index >= 15 is 0 Å². The lowest BCUT2D eigenvalue weighted by Gasteiger charge is -2.21. The van der Waals surface area contributed by atoms with Gasteiger partial charge >= 0.3 is 0 Å². The normalized spacial score (nSPS) is 12.2. The Bertz CT molecular complexity index is 1200. The fourth-order valence-corrected chi connectivity index (χ4v) is 5.31. The summed E-state index contributed by atoms with van der Waals surface area (Å²) in [4.78, 5) is 30.0. The Morgan fingerprint density at radius 1 is 1.16 bits per heavy atom. The van der Waals surface area contributed by atoms with E-state index in [1.54, 1.807) is 6.07 Å². The number of nitrogens with zero attached hydrogens (tertiary/aromatic N) is 4. The van der Waals surface area contributed by atoms with Crippen LogP contribution in [0.1, 0.15) is 35.4 Å². The summed E-state index contributed by atoms with van der Waals surface area (Å²) in [6.45, 7) is 4.04. The molecule has 0 bridgehead atoms. The van der Waals surface area contributed by atoms with Crippen LogP contribution in [0.15, 0.2) is 46.9 Å². The van der Waals surface area contributed by atoms with Crippen LogP contribution in [0.3, 0.4) is 0 Å². The molecular formula is C21H22N6O2S3. The first-order valence-electron chi connectivity index (χ1n) is 9.94. The van der Waals surface area contributed by atoms with Gasteiger partial charge < -0.3 is 15.2 Å². The fourth-order valence-electron chi connectivity index (χ4n) is 3.08. The van der Waals surface area contributed by atoms with E-state index < -0.39 is 0 Å². The number of anilines is 1. The zero-order chi connectivity index (χ0) is 22.7. The van der Waals surface area contributed by atoms with E-state index in [-0.39, 0.29) is 29.5 Å². The van der Waals surface area contributed by atoms with E-state index in [1.165, 1.54) is 34.4 Å². The summed E-state index contributed by atoms with van der Waals surface area (Å²) in [6, 6.07) is 11.1. The standard InChI is InChI=1S/C21H22N6O2S3/c1-12(2)17(24-19(29)15-9-6-10-30-15)18-25-26-21(27(18)3)31-11-16(28)23-20-22-13-7-4-5-8-14(13)32-20/h4-10,12,17H,11H2,1-3H3,(H,24,29)(H,22,23,28)/t17-/m1/s1. The van der Waals surface area contributed by atoms with Crippen molar-refractivity contribution in [2.24, 2.45) is 13.0 Å². The number of para-hydroxylation sites is 1. The smallest absolute Gasteiger partial charge is 0.261 e. The van der Waals surface area contributed by atoms with Gasteiger partial charge in [0.25, 0.3) is 5.91 Å². The third kappa shape index (κ3) is 5.00. The molecule has 1 aromatic carbocycles. The highest BCUT2D eigenvalue weighted by Gasteiger charge is 2.25. The number of carbonyl (C=O) groups excluding carboxylic acids is 2. The van der Waals surface area contributed by atoms with Crippen LogP contribution in [0.4, 0.5) is 5.13 Å². The second kappa shape index (κ2) is 9.80. The van der Waals surface area contributed by atoms with Crippen molar-refractivity contribution >= 4 is 61.6 Å². The van der Waals surface area contributed by atoms with E-state index in [2.05, 4.69) is 25.8 Å². The third-order valence-electron chi connectivity index (χ3n) is 4.72. The molecule has 0 aliphatic carbocycles. The molecule has 0 saturated heterocycles. The molecule has 4 aromatic rings. The first kappa shape index (κ1) is 22.4. The van der Waals surface area contributed by atoms with E-state index in [4.69, 9.17) is 0 Å². The van der Waals surface area contributed by atoms with Gasteiger partial charge in [0, 0.05) is 7.05 Å². The number of aromatic nitrogens is 4. The van der Waals surface area contributed by atoms with Gasteiger partial charge in [-0.3, -0.25) is 9.59 Å². The number of rotatable bonds is 8. The lowest BCUT2D eigenvalue weighted by Crippen LogP contribution is -2.33. The molecule has 11 heteroatoms. The van der Waals surface area contributed by atoms with E-state index in [9.17, 15) is 9.59 Å². The van der Waals surface area contributed by atoms with Crippen molar-refractivity contribution in [2.45, 2.75) is 25.0 Å². The molecule has 1 atom stereocenters. The molecule has 32 heavy (non-hydrogen) atoms. The minimum Gasteiger partial charge on any atom is -0.341 e. The Morgan fingerprint density at radius 3 is 2.69 bits per heavy atom. The van der Waals surface area contributed by atoms with Crippen LogP contribution in [0.2, 0.25) is 0 Å².